The van der Waals surface area contributed by atoms with Crippen LogP contribution in [0, 0.1) is 0 Å². The van der Waals surface area contributed by atoms with Gasteiger partial charge in [-0.2, -0.15) is 0 Å². The van der Waals surface area contributed by atoms with Gasteiger partial charge in [0.05, 0.1) is 0 Å². The van der Waals surface area contributed by atoms with Crippen LogP contribution < -0.4 is 0 Å². The van der Waals surface area contributed by atoms with Crippen LogP contribution in [0.1, 0.15) is 132 Å². The summed E-state index contributed by atoms with van der Waals surface area (Å²) in [5.41, 5.74) is 11.6. The van der Waals surface area contributed by atoms with E-state index >= 15 is 0 Å². The van der Waals surface area contributed by atoms with Crippen molar-refractivity contribution < 1.29 is 32.1 Å². The third-order valence-corrected chi connectivity index (χ3v) is 13.7. The van der Waals surface area contributed by atoms with Crippen molar-refractivity contribution in [2.24, 2.45) is 0 Å². The van der Waals surface area contributed by atoms with E-state index in [1.165, 1.54) is 44.5 Å². The van der Waals surface area contributed by atoms with E-state index in [0.717, 1.165) is 48.7 Å². The van der Waals surface area contributed by atoms with E-state index in [-0.39, 0.29) is 10.8 Å². The number of hydrogen-bond acceptors (Lipinski definition) is 2. The third kappa shape index (κ3) is 5.80. The Hall–Kier alpha value is -2.64. The fourth-order valence-electron chi connectivity index (χ4n) is 6.89. The maximum atomic E-state index is 6.56. The molecule has 4 aromatic rings. The van der Waals surface area contributed by atoms with E-state index < -0.39 is 23.2 Å². The van der Waals surface area contributed by atoms with Crippen LogP contribution in [0.3, 0.4) is 0 Å². The Labute approximate surface area is 270 Å². The second kappa shape index (κ2) is 11.7. The molecule has 0 amide bonds. The van der Waals surface area contributed by atoms with Crippen molar-refractivity contribution in [2.75, 3.05) is 0 Å². The monoisotopic (exact) mass is 648 g/mol. The average Bonchev–Trinajstić information content (AvgIpc) is 3.73. The first-order valence-corrected chi connectivity index (χ1v) is 19.0. The molecule has 0 saturated heterocycles. The third-order valence-electron chi connectivity index (χ3n) is 8.96. The summed E-state index contributed by atoms with van der Waals surface area (Å²) in [6, 6.07) is 22.9. The van der Waals surface area contributed by atoms with Crippen LogP contribution in [0.15, 0.2) is 69.5 Å². The molecule has 222 valence electrons. The molecule has 2 unspecified atom stereocenters. The summed E-state index contributed by atoms with van der Waals surface area (Å²) >= 11 is -1.22. The van der Waals surface area contributed by atoms with Gasteiger partial charge in [0.1, 0.15) is 0 Å². The zero-order valence-electron chi connectivity index (χ0n) is 27.2. The molecule has 0 fully saturated rings. The van der Waals surface area contributed by atoms with Crippen LogP contribution in [0.25, 0.3) is 23.3 Å². The topological polar surface area (TPSA) is 26.3 Å². The molecule has 6 rings (SSSR count). The Kier molecular flexibility index (Phi) is 8.27. The van der Waals surface area contributed by atoms with Crippen molar-refractivity contribution in [1.29, 1.82) is 0 Å². The summed E-state index contributed by atoms with van der Waals surface area (Å²) in [5.74, 6) is 4.30. The van der Waals surface area contributed by atoms with Crippen LogP contribution in [-0.4, -0.2) is 0 Å². The summed E-state index contributed by atoms with van der Waals surface area (Å²) in [7, 11) is 0. The van der Waals surface area contributed by atoms with Gasteiger partial charge in [-0.1, -0.05) is 0 Å². The van der Waals surface area contributed by atoms with E-state index in [2.05, 4.69) is 128 Å². The molecule has 2 aliphatic carbocycles. The molecule has 43 heavy (non-hydrogen) atoms. The molecule has 2 aromatic carbocycles. The second-order valence-electron chi connectivity index (χ2n) is 14.4. The molecular formula is C40H46O2Zr. The molecule has 0 radical (unpaired) electrons. The van der Waals surface area contributed by atoms with Crippen molar-refractivity contribution in [1.82, 2.24) is 0 Å². The van der Waals surface area contributed by atoms with Crippen LogP contribution in [0.4, 0.5) is 0 Å². The van der Waals surface area contributed by atoms with E-state index in [4.69, 9.17) is 8.83 Å². The minimum absolute atomic E-state index is 0.0693. The van der Waals surface area contributed by atoms with Crippen LogP contribution >= 0.6 is 0 Å². The van der Waals surface area contributed by atoms with Crippen LogP contribution in [-0.2, 0) is 46.9 Å². The number of hydrogen-bond donors (Lipinski definition) is 0. The molecule has 2 atom stereocenters. The van der Waals surface area contributed by atoms with Gasteiger partial charge in [-0.05, 0) is 0 Å². The Morgan fingerprint density at radius 3 is 1.37 bits per heavy atom. The quantitative estimate of drug-likeness (QED) is 0.190. The predicted octanol–water partition coefficient (Wildman–Crippen LogP) is 11.3. The van der Waals surface area contributed by atoms with E-state index in [9.17, 15) is 0 Å². The molecule has 2 aromatic heterocycles. The van der Waals surface area contributed by atoms with E-state index in [1.807, 2.05) is 0 Å². The van der Waals surface area contributed by atoms with E-state index in [1.54, 1.807) is 0 Å². The number of furan rings is 2. The summed E-state index contributed by atoms with van der Waals surface area (Å²) in [6.45, 7) is 18.5. The summed E-state index contributed by atoms with van der Waals surface area (Å²) in [6.07, 6.45) is 9.10. The fourth-order valence-corrected chi connectivity index (χ4v) is 11.8. The first kappa shape index (κ1) is 30.4. The summed E-state index contributed by atoms with van der Waals surface area (Å²) in [5, 5.41) is 0. The number of allylic oxidation sites excluding steroid dienone is 2. The number of rotatable bonds is 8. The second-order valence-corrected chi connectivity index (χ2v) is 18.0. The predicted molar refractivity (Wildman–Crippen MR) is 177 cm³/mol. The SMILES string of the molecule is CCCc1ccc(C2=Cc3c(cccc3C(C)(C)C)[CH]2[Zr][CH]2C(c3ccc(CCC)o3)=Cc3c2cccc3C(C)(C)C)o1. The van der Waals surface area contributed by atoms with Gasteiger partial charge in [-0.25, -0.2) is 0 Å². The van der Waals surface area contributed by atoms with Crippen molar-refractivity contribution in [3.63, 3.8) is 0 Å². The Morgan fingerprint density at radius 1 is 0.581 bits per heavy atom. The minimum atomic E-state index is -1.22. The van der Waals surface area contributed by atoms with Crippen LogP contribution in [0.5, 0.6) is 0 Å². The summed E-state index contributed by atoms with van der Waals surface area (Å²) in [4.78, 5) is 0. The van der Waals surface area contributed by atoms with Crippen molar-refractivity contribution in [2.45, 2.75) is 99.2 Å². The molecular weight excluding hydrogens is 604 g/mol. The van der Waals surface area contributed by atoms with Gasteiger partial charge in [0.15, 0.2) is 0 Å². The van der Waals surface area contributed by atoms with Gasteiger partial charge in [0, 0.05) is 0 Å². The van der Waals surface area contributed by atoms with Gasteiger partial charge >= 0.3 is 272 Å². The van der Waals surface area contributed by atoms with Gasteiger partial charge in [-0.3, -0.25) is 0 Å². The summed E-state index contributed by atoms with van der Waals surface area (Å²) < 4.78 is 13.9. The molecule has 0 spiro atoms. The standard InChI is InChI=1S/2C20H23O.Zr/c2*1-5-7-16-10-11-19(21-16)15-12-14-8-6-9-18(17(14)13-15)20(2,3)4;/h2*6,8-13H,5,7H2,1-4H3;. The number of aryl methyl sites for hydroxylation is 2. The Morgan fingerprint density at radius 2 is 1.00 bits per heavy atom. The molecule has 0 aliphatic heterocycles. The van der Waals surface area contributed by atoms with Gasteiger partial charge in [0.2, 0.25) is 0 Å². The van der Waals surface area contributed by atoms with Crippen molar-refractivity contribution >= 4 is 23.3 Å². The van der Waals surface area contributed by atoms with E-state index in [0.29, 0.717) is 7.25 Å². The first-order chi connectivity index (χ1) is 20.5. The van der Waals surface area contributed by atoms with Crippen LogP contribution in [0.2, 0.25) is 0 Å². The molecule has 0 bridgehead atoms. The number of benzene rings is 2. The zero-order valence-corrected chi connectivity index (χ0v) is 29.7. The van der Waals surface area contributed by atoms with Crippen molar-refractivity contribution in [3.8, 4) is 0 Å². The molecule has 0 N–H and O–H groups in total. The zero-order chi connectivity index (χ0) is 30.5. The fraction of sp³-hybridized carbons (Fsp3) is 0.400. The molecule has 2 heterocycles. The molecule has 2 nitrogen and oxygen atoms in total. The Bertz CT molecular complexity index is 1570. The Balaban J connectivity index is 1.49. The first-order valence-electron chi connectivity index (χ1n) is 16.1. The van der Waals surface area contributed by atoms with Crippen molar-refractivity contribution in [3.05, 3.63) is 117 Å². The molecule has 2 aliphatic rings. The van der Waals surface area contributed by atoms with Gasteiger partial charge in [0.25, 0.3) is 0 Å². The normalized spacial score (nSPS) is 18.0. The number of fused-ring (bicyclic) bond motifs is 2. The van der Waals surface area contributed by atoms with Gasteiger partial charge in [-0.15, -0.1) is 0 Å². The van der Waals surface area contributed by atoms with Gasteiger partial charge < -0.3 is 0 Å². The average molecular weight is 650 g/mol. The molecule has 3 heteroatoms. The molecule has 0 saturated carbocycles. The maximum absolute atomic E-state index is 6.56.